The standard InChI is InChI=1S/C13H22N4O2S/c1-3-16(8-10-6-5-7-10)12-14-15-13(17(12)4-2)20-9-11(18)19/h10H,3-9H2,1-2H3,(H,18,19). The summed E-state index contributed by atoms with van der Waals surface area (Å²) in [5, 5.41) is 17.9. The molecule has 6 nitrogen and oxygen atoms in total. The van der Waals surface area contributed by atoms with Crippen LogP contribution in [0.2, 0.25) is 0 Å². The van der Waals surface area contributed by atoms with Gasteiger partial charge in [0.2, 0.25) is 5.95 Å². The highest BCUT2D eigenvalue weighted by atomic mass is 32.2. The number of carbonyl (C=O) groups is 1. The maximum absolute atomic E-state index is 10.7. The second-order valence-corrected chi connectivity index (χ2v) is 5.99. The van der Waals surface area contributed by atoms with Crippen LogP contribution < -0.4 is 4.90 Å². The molecule has 2 rings (SSSR count). The predicted molar refractivity (Wildman–Crippen MR) is 79.3 cm³/mol. The van der Waals surface area contributed by atoms with E-state index in [1.807, 2.05) is 11.5 Å². The zero-order chi connectivity index (χ0) is 14.5. The third-order valence-electron chi connectivity index (χ3n) is 3.71. The highest BCUT2D eigenvalue weighted by Gasteiger charge is 2.23. The molecule has 1 aromatic rings. The Morgan fingerprint density at radius 3 is 2.70 bits per heavy atom. The van der Waals surface area contributed by atoms with Gasteiger partial charge in [-0.05, 0) is 32.6 Å². The van der Waals surface area contributed by atoms with Gasteiger partial charge in [0.15, 0.2) is 5.16 Å². The molecule has 0 atom stereocenters. The molecule has 7 heteroatoms. The molecule has 1 aliphatic rings. The van der Waals surface area contributed by atoms with Crippen molar-refractivity contribution in [1.29, 1.82) is 0 Å². The third-order valence-corrected chi connectivity index (χ3v) is 4.66. The molecule has 0 amide bonds. The van der Waals surface area contributed by atoms with Gasteiger partial charge in [-0.2, -0.15) is 0 Å². The number of anilines is 1. The van der Waals surface area contributed by atoms with E-state index in [-0.39, 0.29) is 5.75 Å². The first kappa shape index (κ1) is 15.2. The Morgan fingerprint density at radius 1 is 1.45 bits per heavy atom. The minimum absolute atomic E-state index is 0.0207. The van der Waals surface area contributed by atoms with Crippen LogP contribution in [0.3, 0.4) is 0 Å². The van der Waals surface area contributed by atoms with Crippen molar-refractivity contribution in [2.24, 2.45) is 5.92 Å². The van der Waals surface area contributed by atoms with Crippen molar-refractivity contribution in [1.82, 2.24) is 14.8 Å². The fourth-order valence-corrected chi connectivity index (χ4v) is 3.08. The Morgan fingerprint density at radius 2 is 2.20 bits per heavy atom. The van der Waals surface area contributed by atoms with E-state index < -0.39 is 5.97 Å². The second kappa shape index (κ2) is 6.97. The molecule has 0 saturated heterocycles. The van der Waals surface area contributed by atoms with Crippen molar-refractivity contribution >= 4 is 23.7 Å². The Kier molecular flexibility index (Phi) is 5.28. The summed E-state index contributed by atoms with van der Waals surface area (Å²) >= 11 is 1.23. The molecule has 0 bridgehead atoms. The van der Waals surface area contributed by atoms with Gasteiger partial charge in [0.05, 0.1) is 5.75 Å². The number of aliphatic carboxylic acids is 1. The van der Waals surface area contributed by atoms with E-state index in [0.717, 1.165) is 31.5 Å². The molecule has 1 aromatic heterocycles. The Bertz CT molecular complexity index is 459. The first-order chi connectivity index (χ1) is 9.65. The Hall–Kier alpha value is -1.24. The van der Waals surface area contributed by atoms with E-state index in [1.165, 1.54) is 31.0 Å². The molecular weight excluding hydrogens is 276 g/mol. The van der Waals surface area contributed by atoms with Gasteiger partial charge in [-0.1, -0.05) is 18.2 Å². The highest BCUT2D eigenvalue weighted by molar-refractivity contribution is 7.99. The van der Waals surface area contributed by atoms with Crippen LogP contribution in [0, 0.1) is 5.92 Å². The second-order valence-electron chi connectivity index (χ2n) is 5.04. The van der Waals surface area contributed by atoms with Crippen molar-refractivity contribution in [3.63, 3.8) is 0 Å². The zero-order valence-corrected chi connectivity index (χ0v) is 12.9. The molecule has 1 N–H and O–H groups in total. The summed E-state index contributed by atoms with van der Waals surface area (Å²) < 4.78 is 2.01. The van der Waals surface area contributed by atoms with Gasteiger partial charge in [0, 0.05) is 19.6 Å². The monoisotopic (exact) mass is 298 g/mol. The van der Waals surface area contributed by atoms with Crippen molar-refractivity contribution in [3.8, 4) is 0 Å². The minimum atomic E-state index is -0.830. The number of thioether (sulfide) groups is 1. The molecule has 112 valence electrons. The smallest absolute Gasteiger partial charge is 0.313 e. The first-order valence-electron chi connectivity index (χ1n) is 7.18. The van der Waals surface area contributed by atoms with Gasteiger partial charge in [-0.3, -0.25) is 9.36 Å². The lowest BCUT2D eigenvalue weighted by Crippen LogP contribution is -2.34. The summed E-state index contributed by atoms with van der Waals surface area (Å²) in [5.41, 5.74) is 0. The fraction of sp³-hybridized carbons (Fsp3) is 0.769. The van der Waals surface area contributed by atoms with Crippen LogP contribution in [0.15, 0.2) is 5.16 Å². The summed E-state index contributed by atoms with van der Waals surface area (Å²) in [6, 6.07) is 0. The molecular formula is C13H22N4O2S. The lowest BCUT2D eigenvalue weighted by Gasteiger charge is -2.32. The average Bonchev–Trinajstić information content (AvgIpc) is 2.78. The van der Waals surface area contributed by atoms with Gasteiger partial charge >= 0.3 is 5.97 Å². The Balaban J connectivity index is 2.10. The van der Waals surface area contributed by atoms with Gasteiger partial charge in [-0.15, -0.1) is 10.2 Å². The Labute approximate surface area is 123 Å². The summed E-state index contributed by atoms with van der Waals surface area (Å²) in [5.74, 6) is 0.832. The molecule has 0 radical (unpaired) electrons. The summed E-state index contributed by atoms with van der Waals surface area (Å²) in [4.78, 5) is 12.9. The number of carboxylic acids is 1. The van der Waals surface area contributed by atoms with Crippen molar-refractivity contribution in [3.05, 3.63) is 0 Å². The van der Waals surface area contributed by atoms with Crippen LogP contribution in [0.4, 0.5) is 5.95 Å². The molecule has 0 unspecified atom stereocenters. The predicted octanol–water partition coefficient (Wildman–Crippen LogP) is 2.10. The number of aromatic nitrogens is 3. The van der Waals surface area contributed by atoms with Crippen LogP contribution in [-0.4, -0.2) is 44.7 Å². The van der Waals surface area contributed by atoms with Gasteiger partial charge in [-0.25, -0.2) is 0 Å². The number of nitrogens with zero attached hydrogens (tertiary/aromatic N) is 4. The molecule has 20 heavy (non-hydrogen) atoms. The van der Waals surface area contributed by atoms with E-state index in [2.05, 4.69) is 22.0 Å². The SMILES string of the molecule is CCN(CC1CCC1)c1nnc(SCC(=O)O)n1CC. The molecule has 0 spiro atoms. The van der Waals surface area contributed by atoms with Crippen LogP contribution in [-0.2, 0) is 11.3 Å². The number of hydrogen-bond acceptors (Lipinski definition) is 5. The highest BCUT2D eigenvalue weighted by Crippen LogP contribution is 2.29. The molecule has 1 heterocycles. The summed E-state index contributed by atoms with van der Waals surface area (Å²) in [6.07, 6.45) is 3.94. The fourth-order valence-electron chi connectivity index (χ4n) is 2.36. The lowest BCUT2D eigenvalue weighted by atomic mass is 9.85. The maximum atomic E-state index is 10.7. The first-order valence-corrected chi connectivity index (χ1v) is 8.17. The van der Waals surface area contributed by atoms with Gasteiger partial charge in [0.1, 0.15) is 0 Å². The minimum Gasteiger partial charge on any atom is -0.481 e. The third kappa shape index (κ3) is 3.45. The summed E-state index contributed by atoms with van der Waals surface area (Å²) in [7, 11) is 0. The van der Waals surface area contributed by atoms with E-state index in [4.69, 9.17) is 5.11 Å². The maximum Gasteiger partial charge on any atom is 0.313 e. The number of carboxylic acid groups (broad SMARTS) is 1. The van der Waals surface area contributed by atoms with E-state index in [1.54, 1.807) is 0 Å². The van der Waals surface area contributed by atoms with Crippen LogP contribution in [0.25, 0.3) is 0 Å². The van der Waals surface area contributed by atoms with E-state index in [9.17, 15) is 4.79 Å². The largest absolute Gasteiger partial charge is 0.481 e. The molecule has 1 saturated carbocycles. The van der Waals surface area contributed by atoms with Crippen LogP contribution in [0.1, 0.15) is 33.1 Å². The number of rotatable bonds is 8. The van der Waals surface area contributed by atoms with Crippen LogP contribution in [0.5, 0.6) is 0 Å². The summed E-state index contributed by atoms with van der Waals surface area (Å²) in [6.45, 7) is 6.84. The van der Waals surface area contributed by atoms with Crippen molar-refractivity contribution < 1.29 is 9.90 Å². The van der Waals surface area contributed by atoms with Gasteiger partial charge in [0.25, 0.3) is 0 Å². The normalized spacial score (nSPS) is 15.1. The van der Waals surface area contributed by atoms with Gasteiger partial charge < -0.3 is 10.0 Å². The molecule has 1 fully saturated rings. The topological polar surface area (TPSA) is 71.2 Å². The van der Waals surface area contributed by atoms with E-state index >= 15 is 0 Å². The molecule has 0 aliphatic heterocycles. The van der Waals surface area contributed by atoms with Crippen molar-refractivity contribution in [2.75, 3.05) is 23.7 Å². The van der Waals surface area contributed by atoms with Crippen molar-refractivity contribution in [2.45, 2.75) is 44.8 Å². The van der Waals surface area contributed by atoms with Crippen LogP contribution >= 0.6 is 11.8 Å². The molecule has 1 aliphatic carbocycles. The lowest BCUT2D eigenvalue weighted by molar-refractivity contribution is -0.133. The zero-order valence-electron chi connectivity index (χ0n) is 12.1. The number of hydrogen-bond donors (Lipinski definition) is 1. The molecule has 0 aromatic carbocycles. The van der Waals surface area contributed by atoms with E-state index in [0.29, 0.717) is 5.16 Å². The quantitative estimate of drug-likeness (QED) is 0.741. The average molecular weight is 298 g/mol.